The van der Waals surface area contributed by atoms with Crippen molar-refractivity contribution in [1.29, 1.82) is 5.26 Å². The number of fused-ring (bicyclic) bond motifs is 1. The van der Waals surface area contributed by atoms with E-state index in [0.717, 1.165) is 24.0 Å². The number of hydrogen-bond acceptors (Lipinski definition) is 2. The smallest absolute Gasteiger partial charge is 0.101 e. The molecule has 0 saturated carbocycles. The van der Waals surface area contributed by atoms with Crippen LogP contribution in [0.1, 0.15) is 28.7 Å². The van der Waals surface area contributed by atoms with Gasteiger partial charge in [-0.15, -0.1) is 0 Å². The molecule has 98 valence electrons. The molecule has 1 heterocycles. The van der Waals surface area contributed by atoms with Gasteiger partial charge in [0.1, 0.15) is 6.07 Å². The highest BCUT2D eigenvalue weighted by molar-refractivity contribution is 6.53. The third-order valence-electron chi connectivity index (χ3n) is 3.63. The topological polar surface area (TPSA) is 36.7 Å². The maximum atomic E-state index is 9.38. The van der Waals surface area contributed by atoms with Crippen LogP contribution in [0.15, 0.2) is 42.7 Å². The molecule has 3 rings (SSSR count). The Morgan fingerprint density at radius 3 is 2.75 bits per heavy atom. The summed E-state index contributed by atoms with van der Waals surface area (Å²) in [5.41, 5.74) is 4.88. The highest BCUT2D eigenvalue weighted by Crippen LogP contribution is 2.32. The fourth-order valence-electron chi connectivity index (χ4n) is 2.60. The first-order valence-corrected chi connectivity index (χ1v) is 7.00. The second-order valence-corrected chi connectivity index (χ2v) is 5.26. The van der Waals surface area contributed by atoms with Crippen LogP contribution in [0.4, 0.5) is 0 Å². The molecule has 0 aliphatic heterocycles. The standard InChI is InChI=1S/C17H13ClN2/c18-17(16(10-19)15-5-2-8-20-11-15)14-7-6-12-3-1-4-13(12)9-14/h2,5-9,11H,1,3-4H2/b17-16-. The summed E-state index contributed by atoms with van der Waals surface area (Å²) in [4.78, 5) is 4.04. The van der Waals surface area contributed by atoms with E-state index in [9.17, 15) is 5.26 Å². The monoisotopic (exact) mass is 280 g/mol. The van der Waals surface area contributed by atoms with Crippen molar-refractivity contribution in [1.82, 2.24) is 4.98 Å². The molecule has 1 aliphatic carbocycles. The normalized spacial score (nSPS) is 14.4. The van der Waals surface area contributed by atoms with E-state index in [2.05, 4.69) is 23.2 Å². The van der Waals surface area contributed by atoms with Gasteiger partial charge in [-0.05, 0) is 48.1 Å². The number of aromatic nitrogens is 1. The Bertz CT molecular complexity index is 712. The van der Waals surface area contributed by atoms with Gasteiger partial charge in [-0.3, -0.25) is 4.98 Å². The molecule has 1 aromatic heterocycles. The molecule has 3 heteroatoms. The van der Waals surface area contributed by atoms with E-state index in [-0.39, 0.29) is 0 Å². The highest BCUT2D eigenvalue weighted by Gasteiger charge is 2.14. The van der Waals surface area contributed by atoms with Crippen molar-refractivity contribution in [2.45, 2.75) is 19.3 Å². The molecule has 1 aromatic carbocycles. The number of nitrogens with zero attached hydrogens (tertiary/aromatic N) is 2. The van der Waals surface area contributed by atoms with Crippen molar-refractivity contribution in [2.75, 3.05) is 0 Å². The van der Waals surface area contributed by atoms with E-state index in [1.165, 1.54) is 17.5 Å². The Hall–Kier alpha value is -2.11. The van der Waals surface area contributed by atoms with Gasteiger partial charge in [0.15, 0.2) is 0 Å². The first-order valence-electron chi connectivity index (χ1n) is 6.62. The van der Waals surface area contributed by atoms with Gasteiger partial charge in [0, 0.05) is 18.0 Å². The minimum atomic E-state index is 0.470. The predicted octanol–water partition coefficient (Wildman–Crippen LogP) is 4.20. The number of pyridine rings is 1. The van der Waals surface area contributed by atoms with Gasteiger partial charge in [-0.2, -0.15) is 5.26 Å². The lowest BCUT2D eigenvalue weighted by Gasteiger charge is -2.06. The van der Waals surface area contributed by atoms with Crippen molar-refractivity contribution < 1.29 is 0 Å². The van der Waals surface area contributed by atoms with Crippen LogP contribution in [0.3, 0.4) is 0 Å². The molecule has 0 radical (unpaired) electrons. The number of allylic oxidation sites excluding steroid dienone is 1. The van der Waals surface area contributed by atoms with Crippen molar-refractivity contribution in [2.24, 2.45) is 0 Å². The van der Waals surface area contributed by atoms with Gasteiger partial charge >= 0.3 is 0 Å². The molecule has 2 nitrogen and oxygen atoms in total. The molecule has 1 aliphatic rings. The van der Waals surface area contributed by atoms with Crippen LogP contribution in [0, 0.1) is 11.3 Å². The quantitative estimate of drug-likeness (QED) is 0.773. The molecule has 0 N–H and O–H groups in total. The lowest BCUT2D eigenvalue weighted by atomic mass is 10.0. The maximum Gasteiger partial charge on any atom is 0.101 e. The maximum absolute atomic E-state index is 9.38. The van der Waals surface area contributed by atoms with Gasteiger partial charge in [0.25, 0.3) is 0 Å². The predicted molar refractivity (Wildman–Crippen MR) is 81.0 cm³/mol. The van der Waals surface area contributed by atoms with Crippen molar-refractivity contribution >= 4 is 22.2 Å². The van der Waals surface area contributed by atoms with E-state index in [1.807, 2.05) is 12.1 Å². The van der Waals surface area contributed by atoms with Gasteiger partial charge in [-0.1, -0.05) is 29.8 Å². The molecule has 0 bridgehead atoms. The summed E-state index contributed by atoms with van der Waals surface area (Å²) in [5, 5.41) is 9.88. The minimum Gasteiger partial charge on any atom is -0.264 e. The molecular weight excluding hydrogens is 268 g/mol. The van der Waals surface area contributed by atoms with Crippen LogP contribution in [0.5, 0.6) is 0 Å². The molecule has 0 spiro atoms. The lowest BCUT2D eigenvalue weighted by Crippen LogP contribution is -1.89. The summed E-state index contributed by atoms with van der Waals surface area (Å²) in [6, 6.07) is 12.1. The Balaban J connectivity index is 2.08. The first kappa shape index (κ1) is 12.9. The number of rotatable bonds is 2. The number of benzene rings is 1. The van der Waals surface area contributed by atoms with Crippen LogP contribution in [0.2, 0.25) is 0 Å². The van der Waals surface area contributed by atoms with E-state index < -0.39 is 0 Å². The van der Waals surface area contributed by atoms with Crippen molar-refractivity contribution in [3.05, 3.63) is 65.0 Å². The fourth-order valence-corrected chi connectivity index (χ4v) is 2.87. The van der Waals surface area contributed by atoms with Crippen LogP contribution in [-0.4, -0.2) is 4.98 Å². The fraction of sp³-hybridized carbons (Fsp3) is 0.176. The molecule has 0 saturated heterocycles. The highest BCUT2D eigenvalue weighted by atomic mass is 35.5. The zero-order valence-corrected chi connectivity index (χ0v) is 11.7. The number of hydrogen-bond donors (Lipinski definition) is 0. The Morgan fingerprint density at radius 1 is 1.15 bits per heavy atom. The van der Waals surface area contributed by atoms with Crippen LogP contribution >= 0.6 is 11.6 Å². The Kier molecular flexibility index (Phi) is 3.54. The molecular formula is C17H13ClN2. The minimum absolute atomic E-state index is 0.470. The van der Waals surface area contributed by atoms with E-state index in [4.69, 9.17) is 11.6 Å². The van der Waals surface area contributed by atoms with Gasteiger partial charge in [0.2, 0.25) is 0 Å². The number of nitriles is 1. The Labute approximate surface area is 123 Å². The third kappa shape index (κ3) is 2.33. The lowest BCUT2D eigenvalue weighted by molar-refractivity contribution is 0.912. The summed E-state index contributed by atoms with van der Waals surface area (Å²) < 4.78 is 0. The molecule has 20 heavy (non-hydrogen) atoms. The first-order chi connectivity index (χ1) is 9.79. The SMILES string of the molecule is N#C/C(=C(/Cl)c1ccc2c(c1)CCC2)c1cccnc1. The average Bonchev–Trinajstić information content (AvgIpc) is 2.96. The zero-order valence-electron chi connectivity index (χ0n) is 10.9. The molecule has 0 atom stereocenters. The van der Waals surface area contributed by atoms with Crippen LogP contribution < -0.4 is 0 Å². The van der Waals surface area contributed by atoms with Gasteiger partial charge in [-0.25, -0.2) is 0 Å². The van der Waals surface area contributed by atoms with Gasteiger partial charge < -0.3 is 0 Å². The van der Waals surface area contributed by atoms with E-state index >= 15 is 0 Å². The Morgan fingerprint density at radius 2 is 2.00 bits per heavy atom. The zero-order chi connectivity index (χ0) is 13.9. The summed E-state index contributed by atoms with van der Waals surface area (Å²) >= 11 is 6.44. The number of halogens is 1. The second kappa shape index (κ2) is 5.48. The summed E-state index contributed by atoms with van der Waals surface area (Å²) in [5.74, 6) is 0. The van der Waals surface area contributed by atoms with Crippen molar-refractivity contribution in [3.8, 4) is 6.07 Å². The summed E-state index contributed by atoms with van der Waals surface area (Å²) in [6.07, 6.45) is 6.79. The van der Waals surface area contributed by atoms with Crippen molar-refractivity contribution in [3.63, 3.8) is 0 Å². The van der Waals surface area contributed by atoms with Gasteiger partial charge in [0.05, 0.1) is 10.6 Å². The molecule has 0 fully saturated rings. The summed E-state index contributed by atoms with van der Waals surface area (Å²) in [7, 11) is 0. The van der Waals surface area contributed by atoms with E-state index in [1.54, 1.807) is 18.5 Å². The molecule has 2 aromatic rings. The number of aryl methyl sites for hydroxylation is 2. The largest absolute Gasteiger partial charge is 0.264 e. The molecule has 0 unspecified atom stereocenters. The average molecular weight is 281 g/mol. The summed E-state index contributed by atoms with van der Waals surface area (Å²) in [6.45, 7) is 0. The second-order valence-electron chi connectivity index (χ2n) is 4.88. The van der Waals surface area contributed by atoms with Crippen LogP contribution in [-0.2, 0) is 12.8 Å². The molecule has 0 amide bonds. The van der Waals surface area contributed by atoms with E-state index in [0.29, 0.717) is 10.6 Å². The third-order valence-corrected chi connectivity index (χ3v) is 4.04. The van der Waals surface area contributed by atoms with Crippen LogP contribution in [0.25, 0.3) is 10.6 Å².